The molecule has 1 heterocycles. The maximum atomic E-state index is 10.5. The van der Waals surface area contributed by atoms with Gasteiger partial charge in [0, 0.05) is 18.2 Å². The van der Waals surface area contributed by atoms with Crippen LogP contribution in [0.4, 0.5) is 0 Å². The van der Waals surface area contributed by atoms with Crippen LogP contribution in [0.5, 0.6) is 0 Å². The van der Waals surface area contributed by atoms with Crippen LogP contribution >= 0.6 is 0 Å². The zero-order valence-corrected chi connectivity index (χ0v) is 9.86. The van der Waals surface area contributed by atoms with Crippen LogP contribution in [-0.2, 0) is 6.42 Å². The third kappa shape index (κ3) is 2.70. The lowest BCUT2D eigenvalue weighted by molar-refractivity contribution is 0.112. The summed E-state index contributed by atoms with van der Waals surface area (Å²) in [5, 5.41) is 0. The third-order valence-electron chi connectivity index (χ3n) is 3.49. The maximum absolute atomic E-state index is 10.5. The number of rotatable bonds is 4. The van der Waals surface area contributed by atoms with E-state index in [1.165, 1.54) is 24.9 Å². The first-order valence-corrected chi connectivity index (χ1v) is 6.08. The highest BCUT2D eigenvalue weighted by Gasteiger charge is 2.19. The van der Waals surface area contributed by atoms with Gasteiger partial charge in [-0.2, -0.15) is 0 Å². The van der Waals surface area contributed by atoms with Gasteiger partial charge in [0.2, 0.25) is 0 Å². The molecule has 0 amide bonds. The minimum atomic E-state index is 0.745. The molecule has 1 saturated heterocycles. The van der Waals surface area contributed by atoms with Gasteiger partial charge in [0.05, 0.1) is 0 Å². The molecule has 1 aliphatic heterocycles. The van der Waals surface area contributed by atoms with Crippen LogP contribution in [0.3, 0.4) is 0 Å². The Bertz CT molecular complexity index is 344. The van der Waals surface area contributed by atoms with E-state index in [4.69, 9.17) is 0 Å². The molecule has 0 bridgehead atoms. The Labute approximate surface area is 97.3 Å². The standard InChI is InChI=1S/C14H19NO/c1-12-3-2-9-15(12)10-8-13-4-6-14(11-16)7-5-13/h4-7,11-12H,2-3,8-10H2,1H3. The summed E-state index contributed by atoms with van der Waals surface area (Å²) in [6.45, 7) is 4.69. The second-order valence-electron chi connectivity index (χ2n) is 4.64. The van der Waals surface area contributed by atoms with Crippen LogP contribution in [0.1, 0.15) is 35.7 Å². The number of likely N-dealkylation sites (tertiary alicyclic amines) is 1. The lowest BCUT2D eigenvalue weighted by Crippen LogP contribution is -2.28. The Balaban J connectivity index is 1.86. The van der Waals surface area contributed by atoms with Gasteiger partial charge in [0.25, 0.3) is 0 Å². The van der Waals surface area contributed by atoms with Crippen molar-refractivity contribution in [2.24, 2.45) is 0 Å². The second-order valence-corrected chi connectivity index (χ2v) is 4.64. The molecule has 0 N–H and O–H groups in total. The highest BCUT2D eigenvalue weighted by atomic mass is 16.1. The summed E-state index contributed by atoms with van der Waals surface area (Å²) in [6, 6.07) is 8.66. The molecule has 0 saturated carbocycles. The molecule has 1 aromatic rings. The molecule has 0 spiro atoms. The van der Waals surface area contributed by atoms with E-state index in [1.807, 2.05) is 12.1 Å². The first kappa shape index (κ1) is 11.3. The molecule has 2 heteroatoms. The van der Waals surface area contributed by atoms with Gasteiger partial charge >= 0.3 is 0 Å². The van der Waals surface area contributed by atoms with Crippen LogP contribution in [0.2, 0.25) is 0 Å². The smallest absolute Gasteiger partial charge is 0.150 e. The molecule has 1 unspecified atom stereocenters. The first-order chi connectivity index (χ1) is 7.79. The highest BCUT2D eigenvalue weighted by Crippen LogP contribution is 2.16. The van der Waals surface area contributed by atoms with E-state index >= 15 is 0 Å². The number of hydrogen-bond donors (Lipinski definition) is 0. The molecular formula is C14H19NO. The molecule has 0 radical (unpaired) electrons. The number of carbonyl (C=O) groups is 1. The molecule has 1 atom stereocenters. The van der Waals surface area contributed by atoms with Crippen LogP contribution in [0, 0.1) is 0 Å². The van der Waals surface area contributed by atoms with E-state index in [0.29, 0.717) is 0 Å². The summed E-state index contributed by atoms with van der Waals surface area (Å²) in [5.74, 6) is 0. The molecule has 2 rings (SSSR count). The van der Waals surface area contributed by atoms with Crippen LogP contribution in [0.25, 0.3) is 0 Å². The van der Waals surface area contributed by atoms with E-state index in [-0.39, 0.29) is 0 Å². The summed E-state index contributed by atoms with van der Waals surface area (Å²) in [7, 11) is 0. The predicted octanol–water partition coefficient (Wildman–Crippen LogP) is 2.53. The summed E-state index contributed by atoms with van der Waals surface area (Å²) < 4.78 is 0. The van der Waals surface area contributed by atoms with Gasteiger partial charge < -0.3 is 4.90 Å². The summed E-state index contributed by atoms with van der Waals surface area (Å²) in [6.07, 6.45) is 4.66. The first-order valence-electron chi connectivity index (χ1n) is 6.08. The molecule has 2 nitrogen and oxygen atoms in total. The average molecular weight is 217 g/mol. The van der Waals surface area contributed by atoms with Gasteiger partial charge in [-0.15, -0.1) is 0 Å². The normalized spacial score (nSPS) is 21.2. The average Bonchev–Trinajstić information content (AvgIpc) is 2.73. The molecule has 1 fully saturated rings. The molecule has 0 aliphatic carbocycles. The van der Waals surface area contributed by atoms with Gasteiger partial charge in [0.15, 0.2) is 0 Å². The zero-order valence-electron chi connectivity index (χ0n) is 9.86. The quantitative estimate of drug-likeness (QED) is 0.722. The van der Waals surface area contributed by atoms with Gasteiger partial charge in [-0.1, -0.05) is 24.3 Å². The fourth-order valence-electron chi connectivity index (χ4n) is 2.36. The van der Waals surface area contributed by atoms with Crippen LogP contribution in [0.15, 0.2) is 24.3 Å². The fraction of sp³-hybridized carbons (Fsp3) is 0.500. The van der Waals surface area contributed by atoms with E-state index in [1.54, 1.807) is 0 Å². The van der Waals surface area contributed by atoms with Gasteiger partial charge in [0.1, 0.15) is 6.29 Å². The Kier molecular flexibility index (Phi) is 3.73. The highest BCUT2D eigenvalue weighted by molar-refractivity contribution is 5.74. The fourth-order valence-corrected chi connectivity index (χ4v) is 2.36. The second kappa shape index (κ2) is 5.26. The van der Waals surface area contributed by atoms with E-state index in [9.17, 15) is 4.79 Å². The largest absolute Gasteiger partial charge is 0.300 e. The third-order valence-corrected chi connectivity index (χ3v) is 3.49. The summed E-state index contributed by atoms with van der Waals surface area (Å²) in [5.41, 5.74) is 2.09. The van der Waals surface area contributed by atoms with Crippen molar-refractivity contribution >= 4 is 6.29 Å². The lowest BCUT2D eigenvalue weighted by Gasteiger charge is -2.20. The Morgan fingerprint density at radius 2 is 2.12 bits per heavy atom. The maximum Gasteiger partial charge on any atom is 0.150 e. The molecule has 0 aromatic heterocycles. The van der Waals surface area contributed by atoms with Crippen molar-refractivity contribution in [2.45, 2.75) is 32.2 Å². The van der Waals surface area contributed by atoms with Gasteiger partial charge in [-0.25, -0.2) is 0 Å². The predicted molar refractivity (Wildman–Crippen MR) is 65.8 cm³/mol. The van der Waals surface area contributed by atoms with Crippen molar-refractivity contribution in [1.29, 1.82) is 0 Å². The molecule has 1 aromatic carbocycles. The van der Waals surface area contributed by atoms with Crippen molar-refractivity contribution in [1.82, 2.24) is 4.90 Å². The SMILES string of the molecule is CC1CCCN1CCc1ccc(C=O)cc1. The monoisotopic (exact) mass is 217 g/mol. The van der Waals surface area contributed by atoms with Crippen LogP contribution < -0.4 is 0 Å². The Morgan fingerprint density at radius 3 is 2.69 bits per heavy atom. The van der Waals surface area contributed by atoms with Crippen molar-refractivity contribution < 1.29 is 4.79 Å². The Hall–Kier alpha value is -1.15. The summed E-state index contributed by atoms with van der Waals surface area (Å²) >= 11 is 0. The number of carbonyl (C=O) groups excluding carboxylic acids is 1. The number of nitrogens with zero attached hydrogens (tertiary/aromatic N) is 1. The van der Waals surface area contributed by atoms with Crippen molar-refractivity contribution in [3.8, 4) is 0 Å². The number of benzene rings is 1. The van der Waals surface area contributed by atoms with E-state index in [2.05, 4.69) is 24.0 Å². The topological polar surface area (TPSA) is 20.3 Å². The molecular weight excluding hydrogens is 198 g/mol. The Morgan fingerprint density at radius 1 is 1.38 bits per heavy atom. The lowest BCUT2D eigenvalue weighted by atomic mass is 10.1. The van der Waals surface area contributed by atoms with Crippen LogP contribution in [-0.4, -0.2) is 30.3 Å². The minimum absolute atomic E-state index is 0.745. The van der Waals surface area contributed by atoms with E-state index in [0.717, 1.165) is 30.9 Å². The van der Waals surface area contributed by atoms with Crippen molar-refractivity contribution in [3.05, 3.63) is 35.4 Å². The zero-order chi connectivity index (χ0) is 11.4. The van der Waals surface area contributed by atoms with E-state index < -0.39 is 0 Å². The van der Waals surface area contributed by atoms with Gasteiger partial charge in [-0.3, -0.25) is 4.79 Å². The minimum Gasteiger partial charge on any atom is -0.300 e. The van der Waals surface area contributed by atoms with Gasteiger partial charge in [-0.05, 0) is 38.3 Å². The number of hydrogen-bond acceptors (Lipinski definition) is 2. The van der Waals surface area contributed by atoms with Crippen molar-refractivity contribution in [2.75, 3.05) is 13.1 Å². The number of aldehydes is 1. The summed E-state index contributed by atoms with van der Waals surface area (Å²) in [4.78, 5) is 13.1. The van der Waals surface area contributed by atoms with Crippen molar-refractivity contribution in [3.63, 3.8) is 0 Å². The molecule has 86 valence electrons. The molecule has 16 heavy (non-hydrogen) atoms. The molecule has 1 aliphatic rings.